The molecule has 6 nitrogen and oxygen atoms in total. The summed E-state index contributed by atoms with van der Waals surface area (Å²) in [7, 11) is -2.26. The highest BCUT2D eigenvalue weighted by Crippen LogP contribution is 2.14. The first-order chi connectivity index (χ1) is 8.36. The maximum absolute atomic E-state index is 11.8. The second-order valence-electron chi connectivity index (χ2n) is 3.92. The Balaban J connectivity index is 2.77. The predicted octanol–water partition coefficient (Wildman–Crippen LogP) is 0.661. The highest BCUT2D eigenvalue weighted by Gasteiger charge is 2.16. The molecule has 0 spiro atoms. The number of carbonyl (C=O) groups is 1. The van der Waals surface area contributed by atoms with Gasteiger partial charge in [-0.05, 0) is 24.3 Å². The summed E-state index contributed by atoms with van der Waals surface area (Å²) in [6.07, 6.45) is 0. The lowest BCUT2D eigenvalue weighted by Gasteiger charge is -2.10. The van der Waals surface area contributed by atoms with E-state index in [0.717, 1.165) is 0 Å². The van der Waals surface area contributed by atoms with E-state index >= 15 is 0 Å². The summed E-state index contributed by atoms with van der Waals surface area (Å²) in [5.41, 5.74) is 2.14. The van der Waals surface area contributed by atoms with Crippen LogP contribution in [0.4, 0.5) is 0 Å². The highest BCUT2D eigenvalue weighted by atomic mass is 32.2. The van der Waals surface area contributed by atoms with Crippen LogP contribution in [0, 0.1) is 5.92 Å². The Morgan fingerprint density at radius 3 is 2.22 bits per heavy atom. The molecule has 0 aliphatic rings. The van der Waals surface area contributed by atoms with Gasteiger partial charge >= 0.3 is 0 Å². The molecule has 7 heteroatoms. The van der Waals surface area contributed by atoms with Crippen LogP contribution in [0.15, 0.2) is 29.2 Å². The van der Waals surface area contributed by atoms with Crippen molar-refractivity contribution in [3.05, 3.63) is 24.3 Å². The predicted molar refractivity (Wildman–Crippen MR) is 66.3 cm³/mol. The van der Waals surface area contributed by atoms with Gasteiger partial charge in [-0.25, -0.2) is 8.42 Å². The van der Waals surface area contributed by atoms with Crippen molar-refractivity contribution >= 4 is 15.9 Å². The minimum atomic E-state index is -3.75. The van der Waals surface area contributed by atoms with Crippen molar-refractivity contribution in [3.63, 3.8) is 0 Å². The molecule has 100 valence electrons. The van der Waals surface area contributed by atoms with Crippen LogP contribution in [0.2, 0.25) is 0 Å². The number of amides is 1. The molecular weight excluding hydrogens is 256 g/mol. The number of methoxy groups -OCH3 is 1. The zero-order chi connectivity index (χ0) is 13.8. The number of hydrazine groups is 1. The fourth-order valence-corrected chi connectivity index (χ4v) is 1.92. The summed E-state index contributed by atoms with van der Waals surface area (Å²) < 4.78 is 28.5. The molecule has 1 amide bonds. The van der Waals surface area contributed by atoms with Crippen molar-refractivity contribution in [1.29, 1.82) is 0 Å². The molecule has 2 N–H and O–H groups in total. The lowest BCUT2D eigenvalue weighted by Crippen LogP contribution is -2.43. The van der Waals surface area contributed by atoms with Crippen LogP contribution < -0.4 is 15.0 Å². The Hall–Kier alpha value is -1.60. The third kappa shape index (κ3) is 3.71. The van der Waals surface area contributed by atoms with E-state index in [1.165, 1.54) is 31.4 Å². The van der Waals surface area contributed by atoms with Crippen molar-refractivity contribution in [2.75, 3.05) is 7.11 Å². The van der Waals surface area contributed by atoms with Gasteiger partial charge in [-0.15, -0.1) is 4.83 Å². The summed E-state index contributed by atoms with van der Waals surface area (Å²) in [5.74, 6) is -0.143. The molecule has 0 unspecified atom stereocenters. The Kier molecular flexibility index (Phi) is 4.69. The number of sulfonamides is 1. The summed E-state index contributed by atoms with van der Waals surface area (Å²) in [4.78, 5) is 13.3. The van der Waals surface area contributed by atoms with Crippen molar-refractivity contribution < 1.29 is 17.9 Å². The summed E-state index contributed by atoms with van der Waals surface area (Å²) in [6, 6.07) is 5.84. The van der Waals surface area contributed by atoms with Gasteiger partial charge in [0.2, 0.25) is 5.91 Å². The molecule has 0 saturated heterocycles. The smallest absolute Gasteiger partial charge is 0.257 e. The zero-order valence-corrected chi connectivity index (χ0v) is 11.2. The van der Waals surface area contributed by atoms with Crippen LogP contribution in [0.5, 0.6) is 5.75 Å². The molecule has 0 fully saturated rings. The lowest BCUT2D eigenvalue weighted by molar-refractivity contribution is -0.124. The SMILES string of the molecule is COc1ccc(S(=O)(=O)NNC(=O)C(C)C)cc1. The van der Waals surface area contributed by atoms with Crippen molar-refractivity contribution in [2.45, 2.75) is 18.7 Å². The van der Waals surface area contributed by atoms with Gasteiger partial charge in [-0.2, -0.15) is 0 Å². The molecular formula is C11H16N2O4S. The Bertz CT molecular complexity index is 508. The topological polar surface area (TPSA) is 84.5 Å². The summed E-state index contributed by atoms with van der Waals surface area (Å²) in [6.45, 7) is 3.33. The zero-order valence-electron chi connectivity index (χ0n) is 10.4. The van der Waals surface area contributed by atoms with Crippen molar-refractivity contribution in [3.8, 4) is 5.75 Å². The highest BCUT2D eigenvalue weighted by molar-refractivity contribution is 7.89. The van der Waals surface area contributed by atoms with Crippen LogP contribution in [-0.4, -0.2) is 21.4 Å². The maximum Gasteiger partial charge on any atom is 0.257 e. The molecule has 0 bridgehead atoms. The van der Waals surface area contributed by atoms with E-state index in [4.69, 9.17) is 4.74 Å². The third-order valence-electron chi connectivity index (χ3n) is 2.20. The van der Waals surface area contributed by atoms with Crippen molar-refractivity contribution in [1.82, 2.24) is 10.3 Å². The quantitative estimate of drug-likeness (QED) is 0.771. The fraction of sp³-hybridized carbons (Fsp3) is 0.364. The van der Waals surface area contributed by atoms with E-state index in [9.17, 15) is 13.2 Å². The van der Waals surface area contributed by atoms with Gasteiger partial charge < -0.3 is 4.74 Å². The van der Waals surface area contributed by atoms with Crippen LogP contribution in [0.25, 0.3) is 0 Å². The second-order valence-corrected chi connectivity index (χ2v) is 5.61. The maximum atomic E-state index is 11.8. The Labute approximate surface area is 106 Å². The molecule has 0 aliphatic carbocycles. The van der Waals surface area contributed by atoms with E-state index in [1.807, 2.05) is 4.83 Å². The lowest BCUT2D eigenvalue weighted by atomic mass is 10.2. The van der Waals surface area contributed by atoms with Crippen LogP contribution in [0.1, 0.15) is 13.8 Å². The average molecular weight is 272 g/mol. The number of rotatable bonds is 5. The standard InChI is InChI=1S/C11H16N2O4S/c1-8(2)11(14)12-13-18(15,16)10-6-4-9(17-3)5-7-10/h4-8,13H,1-3H3,(H,12,14). The molecule has 0 heterocycles. The third-order valence-corrected chi connectivity index (χ3v) is 3.47. The largest absolute Gasteiger partial charge is 0.497 e. The van der Waals surface area contributed by atoms with Gasteiger partial charge in [0, 0.05) is 5.92 Å². The second kappa shape index (κ2) is 5.83. The summed E-state index contributed by atoms with van der Waals surface area (Å²) in [5, 5.41) is 0. The first-order valence-electron chi connectivity index (χ1n) is 5.32. The molecule has 0 aliphatic heterocycles. The molecule has 1 aromatic rings. The van der Waals surface area contributed by atoms with Gasteiger partial charge in [-0.1, -0.05) is 13.8 Å². The Morgan fingerprint density at radius 1 is 1.22 bits per heavy atom. The van der Waals surface area contributed by atoms with Gasteiger partial charge in [0.25, 0.3) is 10.0 Å². The fourth-order valence-electron chi connectivity index (χ4n) is 1.08. The van der Waals surface area contributed by atoms with Gasteiger partial charge in [-0.3, -0.25) is 10.2 Å². The first kappa shape index (κ1) is 14.5. The molecule has 1 aromatic carbocycles. The van der Waals surface area contributed by atoms with E-state index in [-0.39, 0.29) is 10.8 Å². The monoisotopic (exact) mass is 272 g/mol. The number of benzene rings is 1. The number of hydrogen-bond acceptors (Lipinski definition) is 4. The number of carbonyl (C=O) groups excluding carboxylic acids is 1. The average Bonchev–Trinajstić information content (AvgIpc) is 2.36. The van der Waals surface area contributed by atoms with Gasteiger partial charge in [0.1, 0.15) is 5.75 Å². The van der Waals surface area contributed by atoms with Gasteiger partial charge in [0.05, 0.1) is 12.0 Å². The first-order valence-corrected chi connectivity index (χ1v) is 6.81. The Morgan fingerprint density at radius 2 is 1.78 bits per heavy atom. The van der Waals surface area contributed by atoms with Crippen LogP contribution in [-0.2, 0) is 14.8 Å². The van der Waals surface area contributed by atoms with E-state index < -0.39 is 15.9 Å². The minimum Gasteiger partial charge on any atom is -0.497 e. The van der Waals surface area contributed by atoms with Crippen LogP contribution in [0.3, 0.4) is 0 Å². The van der Waals surface area contributed by atoms with Gasteiger partial charge in [0.15, 0.2) is 0 Å². The van der Waals surface area contributed by atoms with Crippen LogP contribution >= 0.6 is 0 Å². The molecule has 1 rings (SSSR count). The van der Waals surface area contributed by atoms with Crippen molar-refractivity contribution in [2.24, 2.45) is 5.92 Å². The van der Waals surface area contributed by atoms with E-state index in [2.05, 4.69) is 5.43 Å². The molecule has 0 atom stereocenters. The molecule has 0 saturated carbocycles. The molecule has 18 heavy (non-hydrogen) atoms. The number of ether oxygens (including phenoxy) is 1. The molecule has 0 radical (unpaired) electrons. The molecule has 0 aromatic heterocycles. The van der Waals surface area contributed by atoms with E-state index in [0.29, 0.717) is 5.75 Å². The number of hydrogen-bond donors (Lipinski definition) is 2. The summed E-state index contributed by atoms with van der Waals surface area (Å²) >= 11 is 0. The normalized spacial score (nSPS) is 11.3. The minimum absolute atomic E-state index is 0.0485. The van der Waals surface area contributed by atoms with E-state index in [1.54, 1.807) is 13.8 Å². The number of nitrogens with one attached hydrogen (secondary N) is 2.